The molecule has 0 unspecified atom stereocenters. The van der Waals surface area contributed by atoms with Gasteiger partial charge in [-0.25, -0.2) is 15.1 Å². The summed E-state index contributed by atoms with van der Waals surface area (Å²) in [6.45, 7) is 1.36. The Bertz CT molecular complexity index is 876. The van der Waals surface area contributed by atoms with Gasteiger partial charge in [0.15, 0.2) is 0 Å². The van der Waals surface area contributed by atoms with Gasteiger partial charge in [-0.1, -0.05) is 30.3 Å². The number of benzene rings is 1. The number of hydroxylamine groups is 3. The maximum Gasteiger partial charge on any atom is 0.407 e. The lowest BCUT2D eigenvalue weighted by Crippen LogP contribution is -2.53. The fourth-order valence-electron chi connectivity index (χ4n) is 4.94. The van der Waals surface area contributed by atoms with Crippen molar-refractivity contribution in [1.29, 1.82) is 0 Å². The summed E-state index contributed by atoms with van der Waals surface area (Å²) in [5.41, 5.74) is 3.37. The fraction of sp³-hybridized carbons (Fsp3) is 0.571. The normalized spacial score (nSPS) is 28.3. The lowest BCUT2D eigenvalue weighted by Gasteiger charge is -2.35. The van der Waals surface area contributed by atoms with Crippen molar-refractivity contribution in [2.24, 2.45) is 5.41 Å². The molecule has 4 aliphatic rings. The van der Waals surface area contributed by atoms with Gasteiger partial charge in [0, 0.05) is 13.1 Å². The lowest BCUT2D eigenvalue weighted by atomic mass is 9.85. The van der Waals surface area contributed by atoms with E-state index in [2.05, 4.69) is 5.48 Å². The molecule has 166 valence electrons. The molecular weight excluding hydrogens is 404 g/mol. The van der Waals surface area contributed by atoms with Crippen LogP contribution in [0.2, 0.25) is 0 Å². The minimum Gasteiger partial charge on any atom is -0.465 e. The van der Waals surface area contributed by atoms with Gasteiger partial charge in [-0.05, 0) is 36.7 Å². The fourth-order valence-corrected chi connectivity index (χ4v) is 4.94. The number of hydrogen-bond donors (Lipinski definition) is 2. The molecule has 2 bridgehead atoms. The van der Waals surface area contributed by atoms with Crippen molar-refractivity contribution in [2.45, 2.75) is 50.5 Å². The zero-order valence-electron chi connectivity index (χ0n) is 17.1. The number of nitrogens with zero attached hydrogens (tertiary/aromatic N) is 3. The van der Waals surface area contributed by atoms with Crippen LogP contribution in [0.4, 0.5) is 9.59 Å². The van der Waals surface area contributed by atoms with Gasteiger partial charge in [0.2, 0.25) is 0 Å². The number of carbonyl (C=O) groups excluding carboxylic acids is 2. The third-order valence-electron chi connectivity index (χ3n) is 6.92. The summed E-state index contributed by atoms with van der Waals surface area (Å²) >= 11 is 0. The molecule has 0 radical (unpaired) electrons. The molecule has 3 heterocycles. The largest absolute Gasteiger partial charge is 0.465 e. The molecule has 1 spiro atoms. The number of rotatable bonds is 6. The third-order valence-corrected chi connectivity index (χ3v) is 6.92. The summed E-state index contributed by atoms with van der Waals surface area (Å²) in [6, 6.07) is 8.72. The second-order valence-corrected chi connectivity index (χ2v) is 8.84. The Balaban J connectivity index is 1.21. The number of urea groups is 1. The molecule has 3 atom stereocenters. The van der Waals surface area contributed by atoms with Crippen LogP contribution in [0.5, 0.6) is 0 Å². The number of hydrogen-bond acceptors (Lipinski definition) is 5. The van der Waals surface area contributed by atoms with Crippen LogP contribution in [0.3, 0.4) is 0 Å². The first-order valence-corrected chi connectivity index (χ1v) is 10.7. The van der Waals surface area contributed by atoms with Crippen molar-refractivity contribution in [2.75, 3.05) is 19.6 Å². The Morgan fingerprint density at radius 1 is 1.19 bits per heavy atom. The second kappa shape index (κ2) is 7.69. The van der Waals surface area contributed by atoms with Crippen LogP contribution in [0.25, 0.3) is 0 Å². The Hall–Kier alpha value is -2.85. The van der Waals surface area contributed by atoms with Crippen molar-refractivity contribution < 1.29 is 29.2 Å². The van der Waals surface area contributed by atoms with Crippen molar-refractivity contribution in [3.63, 3.8) is 0 Å². The van der Waals surface area contributed by atoms with Gasteiger partial charge in [0.25, 0.3) is 5.91 Å². The minimum absolute atomic E-state index is 0.0485. The standard InChI is InChI=1S/C21H26N4O6/c26-18(22-31-15-6-9-23(11-15)20(28)29)16-10-21(7-8-21)17-12-24(16)19(27)25(17)30-13-14-4-2-1-3-5-14/h1-5,15-17H,6-13H2,(H,22,26)(H,28,29)/t15-,16-,17-/m0/s1. The van der Waals surface area contributed by atoms with Gasteiger partial charge in [-0.2, -0.15) is 5.06 Å². The molecular formula is C21H26N4O6. The number of piperidine rings is 1. The average Bonchev–Trinajstić information content (AvgIpc) is 3.26. The smallest absolute Gasteiger partial charge is 0.407 e. The van der Waals surface area contributed by atoms with Gasteiger partial charge in [0.05, 0.1) is 12.6 Å². The van der Waals surface area contributed by atoms with Crippen LogP contribution in [-0.4, -0.2) is 75.8 Å². The molecule has 3 saturated heterocycles. The zero-order valence-corrected chi connectivity index (χ0v) is 17.1. The SMILES string of the molecule is O=C(NO[C@H]1CCN(C(=O)O)C1)[C@@H]1CC2(CC2)[C@@H]2CN1C(=O)N2OCc1ccccc1. The Kier molecular flexibility index (Phi) is 4.98. The molecule has 1 aliphatic carbocycles. The molecule has 10 nitrogen and oxygen atoms in total. The maximum atomic E-state index is 13.1. The van der Waals surface area contributed by atoms with Crippen LogP contribution in [0, 0.1) is 5.41 Å². The second-order valence-electron chi connectivity index (χ2n) is 8.84. The summed E-state index contributed by atoms with van der Waals surface area (Å²) in [7, 11) is 0. The van der Waals surface area contributed by atoms with E-state index in [1.807, 2.05) is 30.3 Å². The Morgan fingerprint density at radius 2 is 1.97 bits per heavy atom. The van der Waals surface area contributed by atoms with E-state index in [4.69, 9.17) is 14.8 Å². The Labute approximate surface area is 179 Å². The number of likely N-dealkylation sites (tertiary alicyclic amines) is 1. The monoisotopic (exact) mass is 430 g/mol. The van der Waals surface area contributed by atoms with E-state index in [1.165, 1.54) is 9.96 Å². The summed E-state index contributed by atoms with van der Waals surface area (Å²) < 4.78 is 0. The van der Waals surface area contributed by atoms with E-state index < -0.39 is 12.1 Å². The first-order valence-electron chi connectivity index (χ1n) is 10.7. The van der Waals surface area contributed by atoms with E-state index >= 15 is 0 Å². The van der Waals surface area contributed by atoms with Gasteiger partial charge < -0.3 is 14.9 Å². The van der Waals surface area contributed by atoms with Gasteiger partial charge in [0.1, 0.15) is 18.8 Å². The van der Waals surface area contributed by atoms with Crippen molar-refractivity contribution >= 4 is 18.0 Å². The highest BCUT2D eigenvalue weighted by Crippen LogP contribution is 2.59. The molecule has 1 saturated carbocycles. The quantitative estimate of drug-likeness (QED) is 0.663. The van der Waals surface area contributed by atoms with Gasteiger partial charge >= 0.3 is 12.1 Å². The first-order chi connectivity index (χ1) is 15.0. The van der Waals surface area contributed by atoms with Crippen molar-refractivity contribution in [3.8, 4) is 0 Å². The molecule has 5 rings (SSSR count). The Morgan fingerprint density at radius 3 is 2.65 bits per heavy atom. The van der Waals surface area contributed by atoms with Gasteiger partial charge in [-0.15, -0.1) is 0 Å². The van der Waals surface area contributed by atoms with Crippen molar-refractivity contribution in [3.05, 3.63) is 35.9 Å². The van der Waals surface area contributed by atoms with Crippen LogP contribution >= 0.6 is 0 Å². The number of carbonyl (C=O) groups is 3. The van der Waals surface area contributed by atoms with E-state index in [9.17, 15) is 14.4 Å². The summed E-state index contributed by atoms with van der Waals surface area (Å²) in [4.78, 5) is 51.2. The van der Waals surface area contributed by atoms with Crippen molar-refractivity contribution in [1.82, 2.24) is 20.3 Å². The molecule has 3 aliphatic heterocycles. The summed E-state index contributed by atoms with van der Waals surface area (Å²) in [6.07, 6.45) is 1.65. The van der Waals surface area contributed by atoms with Crippen LogP contribution in [-0.2, 0) is 21.1 Å². The van der Waals surface area contributed by atoms with E-state index in [0.29, 0.717) is 32.5 Å². The number of nitrogens with one attached hydrogen (secondary N) is 1. The van der Waals surface area contributed by atoms with Crippen LogP contribution in [0.1, 0.15) is 31.2 Å². The topological polar surface area (TPSA) is 112 Å². The molecule has 4 fully saturated rings. The van der Waals surface area contributed by atoms with Crippen LogP contribution in [0.15, 0.2) is 30.3 Å². The number of amides is 4. The van der Waals surface area contributed by atoms with E-state index in [-0.39, 0.29) is 36.0 Å². The number of fused-ring (bicyclic) bond motifs is 3. The highest BCUT2D eigenvalue weighted by molar-refractivity contribution is 5.88. The average molecular weight is 430 g/mol. The number of carboxylic acid groups (broad SMARTS) is 1. The summed E-state index contributed by atoms with van der Waals surface area (Å²) in [5.74, 6) is -0.364. The minimum atomic E-state index is -0.996. The highest BCUT2D eigenvalue weighted by Gasteiger charge is 2.64. The third kappa shape index (κ3) is 3.70. The zero-order chi connectivity index (χ0) is 21.6. The molecule has 1 aromatic carbocycles. The molecule has 31 heavy (non-hydrogen) atoms. The van der Waals surface area contributed by atoms with E-state index in [0.717, 1.165) is 18.4 Å². The highest BCUT2D eigenvalue weighted by atomic mass is 16.7. The van der Waals surface area contributed by atoms with E-state index in [1.54, 1.807) is 4.90 Å². The maximum absolute atomic E-state index is 13.1. The predicted molar refractivity (Wildman–Crippen MR) is 106 cm³/mol. The molecule has 1 aromatic rings. The molecule has 2 N–H and O–H groups in total. The lowest BCUT2D eigenvalue weighted by molar-refractivity contribution is -0.154. The molecule has 0 aromatic heterocycles. The van der Waals surface area contributed by atoms with Gasteiger partial charge in [-0.3, -0.25) is 14.5 Å². The predicted octanol–water partition coefficient (Wildman–Crippen LogP) is 1.58. The molecule has 4 amide bonds. The first kappa shape index (κ1) is 20.1. The van der Waals surface area contributed by atoms with Crippen LogP contribution < -0.4 is 5.48 Å². The summed E-state index contributed by atoms with van der Waals surface area (Å²) in [5, 5.41) is 10.5. The molecule has 10 heteroatoms.